The summed E-state index contributed by atoms with van der Waals surface area (Å²) in [4.78, 5) is 0.332. The molecule has 1 aliphatic rings. The topological polar surface area (TPSA) is 70.0 Å². The molecule has 1 fully saturated rings. The first kappa shape index (κ1) is 16.0. The van der Waals surface area contributed by atoms with E-state index in [1.807, 2.05) is 19.1 Å². The van der Waals surface area contributed by atoms with Crippen LogP contribution in [0.15, 0.2) is 34.3 Å². The summed E-state index contributed by atoms with van der Waals surface area (Å²) in [6.45, 7) is 4.70. The number of benzene rings is 1. The Morgan fingerprint density at radius 2 is 2.00 bits per heavy atom. The molecule has 21 heavy (non-hydrogen) atoms. The zero-order chi connectivity index (χ0) is 15.5. The molecule has 5 nitrogen and oxygen atoms in total. The summed E-state index contributed by atoms with van der Waals surface area (Å²) >= 11 is 0. The summed E-state index contributed by atoms with van der Waals surface area (Å²) in [7, 11) is -3.46. The fourth-order valence-corrected chi connectivity index (χ4v) is 4.15. The van der Waals surface area contributed by atoms with Gasteiger partial charge in [0.2, 0.25) is 10.0 Å². The highest BCUT2D eigenvalue weighted by Crippen LogP contribution is 2.23. The first-order valence-electron chi connectivity index (χ1n) is 7.29. The fraction of sp³-hybridized carbons (Fsp3) is 0.533. The SMILES string of the molecule is CCCc1ccc(S(=O)(=O)N2CC/C(=N/O)C(C)C2)cc1. The molecular formula is C15H22N2O3S. The van der Waals surface area contributed by atoms with Crippen molar-refractivity contribution in [3.63, 3.8) is 0 Å². The molecule has 6 heteroatoms. The number of oxime groups is 1. The van der Waals surface area contributed by atoms with Gasteiger partial charge in [0.1, 0.15) is 0 Å². The van der Waals surface area contributed by atoms with Crippen LogP contribution in [0.1, 0.15) is 32.3 Å². The van der Waals surface area contributed by atoms with Crippen molar-refractivity contribution in [2.75, 3.05) is 13.1 Å². The summed E-state index contributed by atoms with van der Waals surface area (Å²) in [6.07, 6.45) is 2.47. The minimum atomic E-state index is -3.46. The van der Waals surface area contributed by atoms with Crippen LogP contribution in [-0.2, 0) is 16.4 Å². The number of piperidine rings is 1. The fourth-order valence-electron chi connectivity index (χ4n) is 2.62. The van der Waals surface area contributed by atoms with Gasteiger partial charge in [-0.05, 0) is 24.1 Å². The molecule has 0 bridgehead atoms. The van der Waals surface area contributed by atoms with Crippen molar-refractivity contribution in [1.82, 2.24) is 4.31 Å². The lowest BCUT2D eigenvalue weighted by atomic mass is 10.00. The van der Waals surface area contributed by atoms with Crippen LogP contribution in [0.4, 0.5) is 0 Å². The number of rotatable bonds is 4. The van der Waals surface area contributed by atoms with Crippen LogP contribution in [0, 0.1) is 5.92 Å². The Morgan fingerprint density at radius 3 is 2.52 bits per heavy atom. The van der Waals surface area contributed by atoms with E-state index in [9.17, 15) is 8.42 Å². The highest BCUT2D eigenvalue weighted by Gasteiger charge is 2.31. The molecule has 1 N–H and O–H groups in total. The van der Waals surface area contributed by atoms with E-state index in [0.29, 0.717) is 30.1 Å². The quantitative estimate of drug-likeness (QED) is 0.686. The lowest BCUT2D eigenvalue weighted by Crippen LogP contribution is -2.43. The Hall–Kier alpha value is -1.40. The van der Waals surface area contributed by atoms with Crippen molar-refractivity contribution in [1.29, 1.82) is 0 Å². The molecule has 1 saturated heterocycles. The van der Waals surface area contributed by atoms with E-state index in [4.69, 9.17) is 5.21 Å². The van der Waals surface area contributed by atoms with Crippen LogP contribution in [0.3, 0.4) is 0 Å². The highest BCUT2D eigenvalue weighted by atomic mass is 32.2. The molecule has 116 valence electrons. The van der Waals surface area contributed by atoms with Gasteiger partial charge in [0.15, 0.2) is 0 Å². The van der Waals surface area contributed by atoms with Crippen molar-refractivity contribution in [3.05, 3.63) is 29.8 Å². The van der Waals surface area contributed by atoms with Gasteiger partial charge in [-0.1, -0.05) is 37.6 Å². The number of aryl methyl sites for hydroxylation is 1. The predicted octanol–water partition coefficient (Wildman–Crippen LogP) is 2.50. The monoisotopic (exact) mass is 310 g/mol. The van der Waals surface area contributed by atoms with Crippen molar-refractivity contribution < 1.29 is 13.6 Å². The van der Waals surface area contributed by atoms with Crippen LogP contribution in [0.2, 0.25) is 0 Å². The van der Waals surface area contributed by atoms with Crippen LogP contribution in [0.5, 0.6) is 0 Å². The maximum Gasteiger partial charge on any atom is 0.243 e. The van der Waals surface area contributed by atoms with Crippen LogP contribution in [0.25, 0.3) is 0 Å². The Bertz CT molecular complexity index is 608. The molecule has 1 heterocycles. The average Bonchev–Trinajstić information content (AvgIpc) is 2.48. The van der Waals surface area contributed by atoms with Gasteiger partial charge in [-0.25, -0.2) is 8.42 Å². The zero-order valence-corrected chi connectivity index (χ0v) is 13.3. The molecule has 1 aliphatic heterocycles. The largest absolute Gasteiger partial charge is 0.411 e. The number of hydrogen-bond donors (Lipinski definition) is 1. The van der Waals surface area contributed by atoms with Crippen LogP contribution < -0.4 is 0 Å². The molecule has 1 unspecified atom stereocenters. The van der Waals surface area contributed by atoms with Crippen molar-refractivity contribution in [2.24, 2.45) is 11.1 Å². The van der Waals surface area contributed by atoms with Gasteiger partial charge in [-0.15, -0.1) is 0 Å². The standard InChI is InChI=1S/C15H22N2O3S/c1-3-4-13-5-7-14(8-6-13)21(19,20)17-10-9-15(16-18)12(2)11-17/h5-8,12,18H,3-4,9-11H2,1-2H3/b16-15-. The molecule has 2 rings (SSSR count). The maximum atomic E-state index is 12.6. The lowest BCUT2D eigenvalue weighted by Gasteiger charge is -2.30. The first-order chi connectivity index (χ1) is 9.98. The second kappa shape index (κ2) is 6.58. The van der Waals surface area contributed by atoms with Gasteiger partial charge >= 0.3 is 0 Å². The lowest BCUT2D eigenvalue weighted by molar-refractivity contribution is 0.300. The van der Waals surface area contributed by atoms with E-state index < -0.39 is 10.0 Å². The summed E-state index contributed by atoms with van der Waals surface area (Å²) in [5, 5.41) is 12.1. The van der Waals surface area contributed by atoms with E-state index in [2.05, 4.69) is 12.1 Å². The third-order valence-corrected chi connectivity index (χ3v) is 5.77. The smallest absolute Gasteiger partial charge is 0.243 e. The Morgan fingerprint density at radius 1 is 1.33 bits per heavy atom. The van der Waals surface area contributed by atoms with E-state index in [0.717, 1.165) is 18.4 Å². The summed E-state index contributed by atoms with van der Waals surface area (Å²) in [5.41, 5.74) is 1.82. The molecule has 1 aromatic rings. The Labute approximate surface area is 126 Å². The molecule has 0 aromatic heterocycles. The summed E-state index contributed by atoms with van der Waals surface area (Å²) in [5.74, 6) is -0.0575. The van der Waals surface area contributed by atoms with Crippen LogP contribution >= 0.6 is 0 Å². The molecule has 0 aliphatic carbocycles. The average molecular weight is 310 g/mol. The van der Waals surface area contributed by atoms with E-state index in [-0.39, 0.29) is 5.92 Å². The molecule has 0 amide bonds. The molecular weight excluding hydrogens is 288 g/mol. The molecule has 0 saturated carbocycles. The number of sulfonamides is 1. The van der Waals surface area contributed by atoms with Crippen molar-refractivity contribution >= 4 is 15.7 Å². The van der Waals surface area contributed by atoms with Gasteiger partial charge in [0, 0.05) is 25.4 Å². The van der Waals surface area contributed by atoms with Gasteiger partial charge in [-0.3, -0.25) is 0 Å². The van der Waals surface area contributed by atoms with E-state index >= 15 is 0 Å². The van der Waals surface area contributed by atoms with Gasteiger partial charge in [0.05, 0.1) is 10.6 Å². The maximum absolute atomic E-state index is 12.6. The zero-order valence-electron chi connectivity index (χ0n) is 12.5. The Balaban J connectivity index is 2.18. The van der Waals surface area contributed by atoms with Crippen molar-refractivity contribution in [2.45, 2.75) is 38.0 Å². The second-order valence-electron chi connectivity index (χ2n) is 5.50. The molecule has 1 atom stereocenters. The van der Waals surface area contributed by atoms with Crippen molar-refractivity contribution in [3.8, 4) is 0 Å². The summed E-state index contributed by atoms with van der Waals surface area (Å²) < 4.78 is 26.7. The molecule has 0 spiro atoms. The Kier molecular flexibility index (Phi) is 5.00. The third kappa shape index (κ3) is 3.44. The minimum absolute atomic E-state index is 0.0575. The van der Waals surface area contributed by atoms with Gasteiger partial charge < -0.3 is 5.21 Å². The van der Waals surface area contributed by atoms with E-state index in [1.165, 1.54) is 4.31 Å². The highest BCUT2D eigenvalue weighted by molar-refractivity contribution is 7.89. The van der Waals surface area contributed by atoms with Gasteiger partial charge in [-0.2, -0.15) is 4.31 Å². The molecule has 0 radical (unpaired) electrons. The summed E-state index contributed by atoms with van der Waals surface area (Å²) in [6, 6.07) is 7.12. The predicted molar refractivity (Wildman–Crippen MR) is 82.2 cm³/mol. The van der Waals surface area contributed by atoms with E-state index in [1.54, 1.807) is 12.1 Å². The minimum Gasteiger partial charge on any atom is -0.411 e. The third-order valence-electron chi connectivity index (χ3n) is 3.89. The number of nitrogens with zero attached hydrogens (tertiary/aromatic N) is 2. The first-order valence-corrected chi connectivity index (χ1v) is 8.73. The normalized spacial score (nSPS) is 22.6. The van der Waals surface area contributed by atoms with Gasteiger partial charge in [0.25, 0.3) is 0 Å². The molecule has 1 aromatic carbocycles. The number of hydrogen-bond acceptors (Lipinski definition) is 4. The second-order valence-corrected chi connectivity index (χ2v) is 7.44. The van der Waals surface area contributed by atoms with Crippen LogP contribution in [-0.4, -0.2) is 36.7 Å².